The van der Waals surface area contributed by atoms with Crippen molar-refractivity contribution < 1.29 is 13.9 Å². The van der Waals surface area contributed by atoms with Crippen molar-refractivity contribution in [2.24, 2.45) is 5.73 Å². The Labute approximate surface area is 82.5 Å². The Morgan fingerprint density at radius 2 is 2.00 bits per heavy atom. The zero-order valence-corrected chi connectivity index (χ0v) is 8.13. The molecule has 0 spiro atoms. The van der Waals surface area contributed by atoms with Crippen LogP contribution in [0.5, 0.6) is 5.75 Å². The minimum Gasteiger partial charge on any atom is -0.508 e. The van der Waals surface area contributed by atoms with Crippen LogP contribution in [0.1, 0.15) is 11.6 Å². The Morgan fingerprint density at radius 3 is 2.46 bits per heavy atom. The Balaban J connectivity index is 3.01. The summed E-state index contributed by atoms with van der Waals surface area (Å²) < 4.78 is 24.9. The average Bonchev–Trinajstić information content (AvgIpc) is 2.03. The van der Waals surface area contributed by atoms with Crippen molar-refractivity contribution in [3.8, 4) is 5.75 Å². The summed E-state index contributed by atoms with van der Waals surface area (Å²) in [4.78, 5) is 0. The standard InChI is InChI=1S/C8H8BrF2NO/c9-4-1-2-5(6(13)3-4)7(12)8(10)11/h1-3,7-8,13H,12H2/t7-/m0/s1. The van der Waals surface area contributed by atoms with Gasteiger partial charge in [-0.15, -0.1) is 0 Å². The topological polar surface area (TPSA) is 46.2 Å². The average molecular weight is 252 g/mol. The lowest BCUT2D eigenvalue weighted by Crippen LogP contribution is -2.18. The number of hydrogen-bond donors (Lipinski definition) is 2. The third-order valence-corrected chi connectivity index (χ3v) is 2.12. The largest absolute Gasteiger partial charge is 0.508 e. The Morgan fingerprint density at radius 1 is 1.38 bits per heavy atom. The fourth-order valence-electron chi connectivity index (χ4n) is 0.934. The molecule has 0 aliphatic rings. The molecule has 0 aliphatic carbocycles. The van der Waals surface area contributed by atoms with Crippen molar-refractivity contribution in [2.75, 3.05) is 0 Å². The van der Waals surface area contributed by atoms with Crippen molar-refractivity contribution >= 4 is 15.9 Å². The van der Waals surface area contributed by atoms with Crippen molar-refractivity contribution in [1.29, 1.82) is 0 Å². The highest BCUT2D eigenvalue weighted by molar-refractivity contribution is 9.10. The molecule has 0 amide bonds. The van der Waals surface area contributed by atoms with E-state index in [2.05, 4.69) is 15.9 Å². The van der Waals surface area contributed by atoms with Gasteiger partial charge in [-0.05, 0) is 12.1 Å². The Hall–Kier alpha value is -0.680. The molecule has 1 aromatic carbocycles. The van der Waals surface area contributed by atoms with Crippen LogP contribution in [0.4, 0.5) is 8.78 Å². The summed E-state index contributed by atoms with van der Waals surface area (Å²) >= 11 is 3.09. The van der Waals surface area contributed by atoms with Gasteiger partial charge in [0.25, 0.3) is 6.43 Å². The summed E-state index contributed by atoms with van der Waals surface area (Å²) in [6.45, 7) is 0. The molecule has 1 aromatic rings. The summed E-state index contributed by atoms with van der Waals surface area (Å²) in [6.07, 6.45) is -2.67. The van der Waals surface area contributed by atoms with Crippen molar-refractivity contribution in [2.45, 2.75) is 12.5 Å². The molecular weight excluding hydrogens is 244 g/mol. The van der Waals surface area contributed by atoms with E-state index in [1.807, 2.05) is 0 Å². The molecule has 0 aliphatic heterocycles. The Kier molecular flexibility index (Phi) is 3.22. The molecule has 0 bridgehead atoms. The smallest absolute Gasteiger partial charge is 0.257 e. The van der Waals surface area contributed by atoms with Crippen molar-refractivity contribution in [3.63, 3.8) is 0 Å². The van der Waals surface area contributed by atoms with Gasteiger partial charge in [0, 0.05) is 10.0 Å². The minimum absolute atomic E-state index is 0.0539. The molecule has 0 saturated heterocycles. The molecular formula is C8H8BrF2NO. The van der Waals surface area contributed by atoms with Gasteiger partial charge in [-0.1, -0.05) is 22.0 Å². The second-order valence-corrected chi connectivity index (χ2v) is 3.48. The number of rotatable bonds is 2. The lowest BCUT2D eigenvalue weighted by molar-refractivity contribution is 0.115. The number of hydrogen-bond acceptors (Lipinski definition) is 2. The van der Waals surface area contributed by atoms with Gasteiger partial charge in [-0.25, -0.2) is 8.78 Å². The van der Waals surface area contributed by atoms with E-state index in [1.54, 1.807) is 6.07 Å². The summed E-state index contributed by atoms with van der Waals surface area (Å²) in [6, 6.07) is 2.82. The predicted octanol–water partition coefficient (Wildman–Crippen LogP) is 2.42. The molecule has 5 heteroatoms. The number of halogens is 3. The third-order valence-electron chi connectivity index (χ3n) is 1.62. The van der Waals surface area contributed by atoms with Gasteiger partial charge in [0.05, 0.1) is 6.04 Å². The van der Waals surface area contributed by atoms with Gasteiger partial charge in [0.1, 0.15) is 5.75 Å². The molecule has 0 fully saturated rings. The maximum absolute atomic E-state index is 12.1. The number of phenolic OH excluding ortho intramolecular Hbond substituents is 1. The second kappa shape index (κ2) is 4.02. The van der Waals surface area contributed by atoms with Crippen LogP contribution in [-0.4, -0.2) is 11.5 Å². The fraction of sp³-hybridized carbons (Fsp3) is 0.250. The molecule has 0 aromatic heterocycles. The maximum atomic E-state index is 12.1. The molecule has 1 rings (SSSR count). The van der Waals surface area contributed by atoms with Crippen LogP contribution in [0, 0.1) is 0 Å². The van der Waals surface area contributed by atoms with Crippen LogP contribution in [0.15, 0.2) is 22.7 Å². The first-order valence-electron chi connectivity index (χ1n) is 3.54. The van der Waals surface area contributed by atoms with Crippen molar-refractivity contribution in [1.82, 2.24) is 0 Å². The third kappa shape index (κ3) is 2.38. The minimum atomic E-state index is -2.67. The molecule has 0 radical (unpaired) electrons. The number of nitrogens with two attached hydrogens (primary N) is 1. The summed E-state index contributed by atoms with van der Waals surface area (Å²) in [7, 11) is 0. The molecule has 3 N–H and O–H groups in total. The lowest BCUT2D eigenvalue weighted by atomic mass is 10.1. The van der Waals surface area contributed by atoms with E-state index in [0.29, 0.717) is 4.47 Å². The van der Waals surface area contributed by atoms with E-state index in [1.165, 1.54) is 12.1 Å². The van der Waals surface area contributed by atoms with Crippen molar-refractivity contribution in [3.05, 3.63) is 28.2 Å². The van der Waals surface area contributed by atoms with E-state index >= 15 is 0 Å². The van der Waals surface area contributed by atoms with E-state index in [0.717, 1.165) is 0 Å². The van der Waals surface area contributed by atoms with Crippen LogP contribution >= 0.6 is 15.9 Å². The molecule has 72 valence electrons. The van der Waals surface area contributed by atoms with Gasteiger partial charge in [-0.3, -0.25) is 0 Å². The molecule has 1 atom stereocenters. The first-order valence-corrected chi connectivity index (χ1v) is 4.34. The Bertz CT molecular complexity index is 306. The zero-order chi connectivity index (χ0) is 10.0. The van der Waals surface area contributed by atoms with Gasteiger partial charge in [0.2, 0.25) is 0 Å². The number of phenols is 1. The van der Waals surface area contributed by atoms with Crippen LogP contribution in [0.3, 0.4) is 0 Å². The van der Waals surface area contributed by atoms with Gasteiger partial charge in [-0.2, -0.15) is 0 Å². The molecule has 0 heterocycles. The summed E-state index contributed by atoms with van der Waals surface area (Å²) in [5.41, 5.74) is 5.22. The van der Waals surface area contributed by atoms with Crippen LogP contribution in [-0.2, 0) is 0 Å². The highest BCUT2D eigenvalue weighted by Crippen LogP contribution is 2.29. The van der Waals surface area contributed by atoms with Crippen LogP contribution in [0.25, 0.3) is 0 Å². The summed E-state index contributed by atoms with van der Waals surface area (Å²) in [5, 5.41) is 9.27. The molecule has 2 nitrogen and oxygen atoms in total. The SMILES string of the molecule is N[C@@H](c1ccc(Br)cc1O)C(F)F. The highest BCUT2D eigenvalue weighted by atomic mass is 79.9. The van der Waals surface area contributed by atoms with E-state index in [9.17, 15) is 13.9 Å². The van der Waals surface area contributed by atoms with Crippen LogP contribution in [0.2, 0.25) is 0 Å². The molecule has 13 heavy (non-hydrogen) atoms. The van der Waals surface area contributed by atoms with Gasteiger partial charge in [0.15, 0.2) is 0 Å². The van der Waals surface area contributed by atoms with Gasteiger partial charge < -0.3 is 10.8 Å². The van der Waals surface area contributed by atoms with E-state index in [4.69, 9.17) is 5.73 Å². The van der Waals surface area contributed by atoms with Crippen LogP contribution < -0.4 is 5.73 Å². The number of aromatic hydroxyl groups is 1. The quantitative estimate of drug-likeness (QED) is 0.848. The second-order valence-electron chi connectivity index (χ2n) is 2.56. The first-order chi connectivity index (χ1) is 6.02. The normalized spacial score (nSPS) is 13.3. The first kappa shape index (κ1) is 10.4. The maximum Gasteiger partial charge on any atom is 0.257 e. The monoisotopic (exact) mass is 251 g/mol. The number of alkyl halides is 2. The predicted molar refractivity (Wildman–Crippen MR) is 48.7 cm³/mol. The fourth-order valence-corrected chi connectivity index (χ4v) is 1.28. The van der Waals surface area contributed by atoms with E-state index in [-0.39, 0.29) is 11.3 Å². The summed E-state index contributed by atoms with van der Waals surface area (Å²) in [5.74, 6) is -0.220. The molecule has 0 saturated carbocycles. The zero-order valence-electron chi connectivity index (χ0n) is 6.55. The number of benzene rings is 1. The highest BCUT2D eigenvalue weighted by Gasteiger charge is 2.20. The van der Waals surface area contributed by atoms with Gasteiger partial charge >= 0.3 is 0 Å². The molecule has 0 unspecified atom stereocenters. The lowest BCUT2D eigenvalue weighted by Gasteiger charge is -2.12. The van der Waals surface area contributed by atoms with E-state index < -0.39 is 12.5 Å².